The molecule has 0 bridgehead atoms. The van der Waals surface area contributed by atoms with Crippen molar-refractivity contribution in [3.8, 4) is 22.8 Å². The van der Waals surface area contributed by atoms with Crippen LogP contribution in [0.25, 0.3) is 22.8 Å². The summed E-state index contributed by atoms with van der Waals surface area (Å²) in [5.41, 5.74) is 1.07. The van der Waals surface area contributed by atoms with Crippen LogP contribution >= 0.6 is 0 Å². The van der Waals surface area contributed by atoms with Gasteiger partial charge in [0, 0.05) is 23.4 Å². The standard InChI is InChI=1S/C17H12N4O5S/c22-16-7-5-13(19-20-16)15-6-8-17(25-15)27(23,24)21-12-3-1-11(2-4-12)14-9-10-18-26-14/h1-10,21H,(H,20,22). The average molecular weight is 384 g/mol. The van der Waals surface area contributed by atoms with E-state index in [0.29, 0.717) is 17.1 Å². The first-order valence-electron chi connectivity index (χ1n) is 7.71. The van der Waals surface area contributed by atoms with Gasteiger partial charge < -0.3 is 8.94 Å². The number of sulfonamides is 1. The molecule has 2 N–H and O–H groups in total. The van der Waals surface area contributed by atoms with Crippen molar-refractivity contribution in [2.75, 3.05) is 4.72 Å². The Bertz CT molecular complexity index is 1200. The predicted molar refractivity (Wildman–Crippen MR) is 95.3 cm³/mol. The highest BCUT2D eigenvalue weighted by Gasteiger charge is 2.20. The SMILES string of the molecule is O=c1ccc(-c2ccc(S(=O)(=O)Nc3ccc(-c4ccno4)cc3)o2)n[nH]1. The normalized spacial score (nSPS) is 11.4. The Labute approximate surface area is 152 Å². The number of nitrogens with one attached hydrogen (secondary N) is 2. The number of H-pyrrole nitrogens is 1. The van der Waals surface area contributed by atoms with E-state index in [4.69, 9.17) is 8.94 Å². The van der Waals surface area contributed by atoms with Crippen LogP contribution in [0, 0.1) is 0 Å². The van der Waals surface area contributed by atoms with Crippen LogP contribution in [0.15, 0.2) is 79.6 Å². The summed E-state index contributed by atoms with van der Waals surface area (Å²) < 4.78 is 37.9. The average Bonchev–Trinajstić information content (AvgIpc) is 3.35. The van der Waals surface area contributed by atoms with Gasteiger partial charge >= 0.3 is 0 Å². The topological polar surface area (TPSA) is 131 Å². The third-order valence-electron chi connectivity index (χ3n) is 3.64. The minimum Gasteiger partial charge on any atom is -0.441 e. The first kappa shape index (κ1) is 16.8. The zero-order valence-electron chi connectivity index (χ0n) is 13.6. The summed E-state index contributed by atoms with van der Waals surface area (Å²) in [4.78, 5) is 11.1. The van der Waals surface area contributed by atoms with E-state index in [1.54, 1.807) is 30.3 Å². The van der Waals surface area contributed by atoms with Gasteiger partial charge in [-0.25, -0.2) is 5.10 Å². The van der Waals surface area contributed by atoms with Crippen LogP contribution in [-0.2, 0) is 10.0 Å². The van der Waals surface area contributed by atoms with Crippen molar-refractivity contribution >= 4 is 15.7 Å². The first-order valence-corrected chi connectivity index (χ1v) is 9.19. The molecule has 0 fully saturated rings. The Morgan fingerprint density at radius 1 is 0.926 bits per heavy atom. The molecular weight excluding hydrogens is 372 g/mol. The molecular formula is C17H12N4O5S. The number of nitrogens with zero attached hydrogens (tertiary/aromatic N) is 2. The second kappa shape index (κ2) is 6.57. The van der Waals surface area contributed by atoms with Crippen LogP contribution in [0.3, 0.4) is 0 Å². The highest BCUT2D eigenvalue weighted by Crippen LogP contribution is 2.25. The third kappa shape index (κ3) is 3.51. The Balaban J connectivity index is 1.55. The van der Waals surface area contributed by atoms with Gasteiger partial charge in [-0.15, -0.1) is 0 Å². The van der Waals surface area contributed by atoms with Crippen molar-refractivity contribution in [2.45, 2.75) is 5.09 Å². The van der Waals surface area contributed by atoms with Crippen LogP contribution < -0.4 is 10.3 Å². The van der Waals surface area contributed by atoms with Crippen molar-refractivity contribution in [1.82, 2.24) is 15.4 Å². The number of hydrogen-bond donors (Lipinski definition) is 2. The summed E-state index contributed by atoms with van der Waals surface area (Å²) in [6.45, 7) is 0. The van der Waals surface area contributed by atoms with E-state index >= 15 is 0 Å². The van der Waals surface area contributed by atoms with Gasteiger partial charge in [0.05, 0.1) is 6.20 Å². The minimum atomic E-state index is -3.93. The van der Waals surface area contributed by atoms with Gasteiger partial charge in [0.15, 0.2) is 11.5 Å². The summed E-state index contributed by atoms with van der Waals surface area (Å²) in [5.74, 6) is 0.792. The molecule has 0 saturated heterocycles. The number of anilines is 1. The predicted octanol–water partition coefficient (Wildman–Crippen LogP) is 2.49. The maximum atomic E-state index is 12.5. The van der Waals surface area contributed by atoms with E-state index in [-0.39, 0.29) is 16.4 Å². The van der Waals surface area contributed by atoms with Gasteiger partial charge in [0.2, 0.25) is 5.09 Å². The molecule has 9 nitrogen and oxygen atoms in total. The van der Waals surface area contributed by atoms with Crippen molar-refractivity contribution in [3.05, 3.63) is 71.1 Å². The molecule has 0 atom stereocenters. The maximum absolute atomic E-state index is 12.5. The van der Waals surface area contributed by atoms with Crippen molar-refractivity contribution in [1.29, 1.82) is 0 Å². The highest BCUT2D eigenvalue weighted by molar-refractivity contribution is 7.92. The molecule has 0 aliphatic rings. The van der Waals surface area contributed by atoms with Crippen LogP contribution in [0.4, 0.5) is 5.69 Å². The Kier molecular flexibility index (Phi) is 4.09. The highest BCUT2D eigenvalue weighted by atomic mass is 32.2. The van der Waals surface area contributed by atoms with Gasteiger partial charge in [-0.2, -0.15) is 13.5 Å². The number of furan rings is 1. The molecule has 0 unspecified atom stereocenters. The number of benzene rings is 1. The molecule has 0 amide bonds. The van der Waals surface area contributed by atoms with Crippen LogP contribution in [0.5, 0.6) is 0 Å². The fraction of sp³-hybridized carbons (Fsp3) is 0. The van der Waals surface area contributed by atoms with Crippen LogP contribution in [0.1, 0.15) is 0 Å². The van der Waals surface area contributed by atoms with Crippen LogP contribution in [-0.4, -0.2) is 23.8 Å². The van der Waals surface area contributed by atoms with Gasteiger partial charge in [0.25, 0.3) is 15.6 Å². The van der Waals surface area contributed by atoms with Crippen molar-refractivity contribution in [2.24, 2.45) is 0 Å². The van der Waals surface area contributed by atoms with E-state index in [9.17, 15) is 13.2 Å². The van der Waals surface area contributed by atoms with E-state index in [2.05, 4.69) is 20.1 Å². The number of aromatic amines is 1. The number of aromatic nitrogens is 3. The molecule has 0 saturated carbocycles. The lowest BCUT2D eigenvalue weighted by atomic mass is 10.1. The molecule has 0 radical (unpaired) electrons. The van der Waals surface area contributed by atoms with Gasteiger partial charge in [0.1, 0.15) is 5.69 Å². The molecule has 27 heavy (non-hydrogen) atoms. The summed E-state index contributed by atoms with van der Waals surface area (Å²) in [6.07, 6.45) is 1.53. The van der Waals surface area contributed by atoms with E-state index in [0.717, 1.165) is 5.56 Å². The molecule has 3 aromatic heterocycles. The smallest absolute Gasteiger partial charge is 0.295 e. The Hall–Kier alpha value is -3.66. The fourth-order valence-electron chi connectivity index (χ4n) is 2.36. The van der Waals surface area contributed by atoms with Gasteiger partial charge in [-0.1, -0.05) is 5.16 Å². The molecule has 136 valence electrons. The van der Waals surface area contributed by atoms with E-state index in [1.165, 1.54) is 30.5 Å². The lowest BCUT2D eigenvalue weighted by Crippen LogP contribution is -2.12. The molecule has 0 aliphatic heterocycles. The quantitative estimate of drug-likeness (QED) is 0.540. The Morgan fingerprint density at radius 3 is 2.41 bits per heavy atom. The van der Waals surface area contributed by atoms with E-state index in [1.807, 2.05) is 0 Å². The van der Waals surface area contributed by atoms with Crippen molar-refractivity contribution < 1.29 is 17.4 Å². The Morgan fingerprint density at radius 2 is 1.74 bits per heavy atom. The van der Waals surface area contributed by atoms with Crippen LogP contribution in [0.2, 0.25) is 0 Å². The second-order valence-electron chi connectivity index (χ2n) is 5.48. The molecule has 4 rings (SSSR count). The molecule has 4 aromatic rings. The molecule has 0 aliphatic carbocycles. The lowest BCUT2D eigenvalue weighted by Gasteiger charge is -2.06. The zero-order chi connectivity index (χ0) is 18.9. The summed E-state index contributed by atoms with van der Waals surface area (Å²) >= 11 is 0. The summed E-state index contributed by atoms with van der Waals surface area (Å²) in [7, 11) is -3.93. The minimum absolute atomic E-state index is 0.215. The van der Waals surface area contributed by atoms with Gasteiger partial charge in [-0.05, 0) is 42.5 Å². The fourth-order valence-corrected chi connectivity index (χ4v) is 3.35. The van der Waals surface area contributed by atoms with E-state index < -0.39 is 10.0 Å². The van der Waals surface area contributed by atoms with Crippen molar-refractivity contribution in [3.63, 3.8) is 0 Å². The molecule has 1 aromatic carbocycles. The number of rotatable bonds is 5. The first-order chi connectivity index (χ1) is 13.0. The maximum Gasteiger partial charge on any atom is 0.295 e. The third-order valence-corrected chi connectivity index (χ3v) is 4.89. The second-order valence-corrected chi connectivity index (χ2v) is 7.10. The molecule has 0 spiro atoms. The molecule has 3 heterocycles. The van der Waals surface area contributed by atoms with Gasteiger partial charge in [-0.3, -0.25) is 9.52 Å². The number of hydrogen-bond acceptors (Lipinski definition) is 7. The summed E-state index contributed by atoms with van der Waals surface area (Å²) in [6, 6.07) is 13.8. The summed E-state index contributed by atoms with van der Waals surface area (Å²) in [5, 5.41) is 9.42. The largest absolute Gasteiger partial charge is 0.441 e. The monoisotopic (exact) mass is 384 g/mol. The molecule has 10 heteroatoms. The zero-order valence-corrected chi connectivity index (χ0v) is 14.4. The lowest BCUT2D eigenvalue weighted by molar-refractivity contribution is 0.432.